The van der Waals surface area contributed by atoms with Gasteiger partial charge in [-0.3, -0.25) is 10.4 Å². The second kappa shape index (κ2) is 8.12. The van der Waals surface area contributed by atoms with E-state index in [1.165, 1.54) is 18.6 Å². The number of hydrogen-bond acceptors (Lipinski definition) is 9. The Bertz CT molecular complexity index is 1040. The number of aromatic nitrogens is 3. The Hall–Kier alpha value is -4.01. The molecule has 0 amide bonds. The smallest absolute Gasteiger partial charge is 0.341 e. The molecule has 0 saturated carbocycles. The molecule has 9 heteroatoms. The van der Waals surface area contributed by atoms with Crippen molar-refractivity contribution >= 4 is 28.9 Å². The number of rotatable bonds is 6. The van der Waals surface area contributed by atoms with Gasteiger partial charge in [0, 0.05) is 23.6 Å². The van der Waals surface area contributed by atoms with Crippen molar-refractivity contribution in [2.24, 2.45) is 0 Å². The number of aromatic hydroxyl groups is 1. The molecular weight excluding hydrogens is 360 g/mol. The number of anilines is 3. The first-order valence-corrected chi connectivity index (χ1v) is 8.39. The predicted octanol–water partition coefficient (Wildman–Crippen LogP) is 2.50. The molecule has 0 unspecified atom stereocenters. The number of nitrogen functional groups attached to an aromatic ring is 1. The molecule has 0 atom stereocenters. The number of benzene rings is 1. The van der Waals surface area contributed by atoms with Gasteiger partial charge in [-0.2, -0.15) is 0 Å². The summed E-state index contributed by atoms with van der Waals surface area (Å²) in [5.41, 5.74) is 7.33. The van der Waals surface area contributed by atoms with E-state index < -0.39 is 5.97 Å². The van der Waals surface area contributed by atoms with Crippen molar-refractivity contribution in [1.82, 2.24) is 15.0 Å². The molecule has 0 bridgehead atoms. The highest BCUT2D eigenvalue weighted by atomic mass is 16.5. The van der Waals surface area contributed by atoms with Gasteiger partial charge in [-0.1, -0.05) is 18.2 Å². The van der Waals surface area contributed by atoms with E-state index in [0.29, 0.717) is 16.9 Å². The average molecular weight is 378 g/mol. The van der Waals surface area contributed by atoms with Crippen molar-refractivity contribution in [3.63, 3.8) is 0 Å². The molecule has 0 aliphatic heterocycles. The summed E-state index contributed by atoms with van der Waals surface area (Å²) in [7, 11) is 0. The first kappa shape index (κ1) is 18.8. The quantitative estimate of drug-likeness (QED) is 0.290. The molecule has 2 aromatic heterocycles. The minimum absolute atomic E-state index is 0.00138. The van der Waals surface area contributed by atoms with Gasteiger partial charge in [0.05, 0.1) is 18.5 Å². The van der Waals surface area contributed by atoms with Crippen LogP contribution < -0.4 is 11.1 Å². The van der Waals surface area contributed by atoms with Gasteiger partial charge in [-0.25, -0.2) is 14.8 Å². The van der Waals surface area contributed by atoms with Crippen LogP contribution in [0.3, 0.4) is 0 Å². The van der Waals surface area contributed by atoms with Crippen LogP contribution in [0.1, 0.15) is 28.7 Å². The van der Waals surface area contributed by atoms with Crippen LogP contribution in [0.25, 0.3) is 0 Å². The van der Waals surface area contributed by atoms with Crippen LogP contribution in [0.5, 0.6) is 5.75 Å². The molecule has 2 heterocycles. The molecule has 28 heavy (non-hydrogen) atoms. The molecule has 142 valence electrons. The van der Waals surface area contributed by atoms with Crippen LogP contribution in [0.15, 0.2) is 48.9 Å². The summed E-state index contributed by atoms with van der Waals surface area (Å²) in [4.78, 5) is 24.2. The molecule has 0 aliphatic carbocycles. The predicted molar refractivity (Wildman–Crippen MR) is 104 cm³/mol. The van der Waals surface area contributed by atoms with Gasteiger partial charge >= 0.3 is 5.97 Å². The third-order valence-electron chi connectivity index (χ3n) is 3.79. The average Bonchev–Trinajstić information content (AvgIpc) is 2.70. The lowest BCUT2D eigenvalue weighted by Crippen LogP contribution is -2.12. The number of nitrogens with zero attached hydrogens (tertiary/aromatic N) is 3. The molecule has 3 rings (SSSR count). The van der Waals surface area contributed by atoms with Crippen molar-refractivity contribution in [2.45, 2.75) is 6.92 Å². The highest BCUT2D eigenvalue weighted by Gasteiger charge is 2.17. The number of nitrogens with one attached hydrogen (secondary N) is 2. The zero-order valence-corrected chi connectivity index (χ0v) is 15.0. The van der Waals surface area contributed by atoms with E-state index in [1.807, 2.05) is 0 Å². The Morgan fingerprint density at radius 3 is 2.79 bits per heavy atom. The molecule has 0 aliphatic rings. The van der Waals surface area contributed by atoms with Crippen LogP contribution >= 0.6 is 0 Å². The maximum Gasteiger partial charge on any atom is 0.341 e. The minimum atomic E-state index is -0.559. The van der Waals surface area contributed by atoms with Crippen molar-refractivity contribution in [2.75, 3.05) is 17.7 Å². The maximum atomic E-state index is 12.1. The lowest BCUT2D eigenvalue weighted by molar-refractivity contribution is 0.0527. The fourth-order valence-corrected chi connectivity index (χ4v) is 2.44. The zero-order valence-electron chi connectivity index (χ0n) is 15.0. The van der Waals surface area contributed by atoms with E-state index in [2.05, 4.69) is 20.3 Å². The van der Waals surface area contributed by atoms with Crippen LogP contribution in [-0.2, 0) is 4.74 Å². The summed E-state index contributed by atoms with van der Waals surface area (Å²) >= 11 is 0. The number of carbonyl (C=O) groups excluding carboxylic acids is 1. The first-order chi connectivity index (χ1) is 13.5. The van der Waals surface area contributed by atoms with E-state index >= 15 is 0 Å². The first-order valence-electron chi connectivity index (χ1n) is 8.39. The summed E-state index contributed by atoms with van der Waals surface area (Å²) < 4.78 is 5.01. The van der Waals surface area contributed by atoms with Gasteiger partial charge in [0.1, 0.15) is 11.3 Å². The van der Waals surface area contributed by atoms with Crippen molar-refractivity contribution in [3.05, 3.63) is 65.9 Å². The molecule has 0 saturated heterocycles. The van der Waals surface area contributed by atoms with Gasteiger partial charge in [0.25, 0.3) is 0 Å². The standard InChI is InChI=1S/C19H18N6O3/c1-2-28-19(27)12-9-22-8-7-14(12)24-17-15(26)10-23-18(25-17)16(21)11-5-3-4-6-13(11)20/h3-10,21,26H,2,20H2,1H3,(H,22,23,24,25). The number of pyridine rings is 1. The van der Waals surface area contributed by atoms with E-state index in [0.717, 1.165) is 0 Å². The topological polar surface area (TPSA) is 147 Å². The van der Waals surface area contributed by atoms with Gasteiger partial charge in [-0.15, -0.1) is 0 Å². The second-order valence-corrected chi connectivity index (χ2v) is 5.66. The van der Waals surface area contributed by atoms with Crippen LogP contribution in [-0.4, -0.2) is 38.3 Å². The number of para-hydroxylation sites is 1. The SMILES string of the molecule is CCOC(=O)c1cnccc1Nc1nc(C(=N)c2ccccc2N)ncc1O. The number of esters is 1. The summed E-state index contributed by atoms with van der Waals surface area (Å²) in [6.07, 6.45) is 4.01. The molecular formula is C19H18N6O3. The highest BCUT2D eigenvalue weighted by molar-refractivity contribution is 6.11. The molecule has 0 fully saturated rings. The fraction of sp³-hybridized carbons (Fsp3) is 0.105. The lowest BCUT2D eigenvalue weighted by Gasteiger charge is -2.12. The van der Waals surface area contributed by atoms with Gasteiger partial charge < -0.3 is 20.9 Å². The Morgan fingerprint density at radius 1 is 1.25 bits per heavy atom. The Balaban J connectivity index is 1.95. The largest absolute Gasteiger partial charge is 0.503 e. The van der Waals surface area contributed by atoms with E-state index in [-0.39, 0.29) is 35.3 Å². The molecule has 0 radical (unpaired) electrons. The Morgan fingerprint density at radius 2 is 2.04 bits per heavy atom. The molecule has 1 aromatic carbocycles. The van der Waals surface area contributed by atoms with Crippen LogP contribution in [0.2, 0.25) is 0 Å². The fourth-order valence-electron chi connectivity index (χ4n) is 2.44. The van der Waals surface area contributed by atoms with Crippen molar-refractivity contribution in [3.8, 4) is 5.75 Å². The third-order valence-corrected chi connectivity index (χ3v) is 3.79. The van der Waals surface area contributed by atoms with Crippen molar-refractivity contribution in [1.29, 1.82) is 5.41 Å². The summed E-state index contributed by atoms with van der Waals surface area (Å²) in [6.45, 7) is 1.91. The van der Waals surface area contributed by atoms with Gasteiger partial charge in [-0.05, 0) is 19.1 Å². The van der Waals surface area contributed by atoms with Gasteiger partial charge in [0.2, 0.25) is 0 Å². The molecule has 5 N–H and O–H groups in total. The van der Waals surface area contributed by atoms with Crippen LogP contribution in [0, 0.1) is 5.41 Å². The monoisotopic (exact) mass is 378 g/mol. The zero-order chi connectivity index (χ0) is 20.1. The van der Waals surface area contributed by atoms with Gasteiger partial charge in [0.15, 0.2) is 17.4 Å². The number of carbonyl (C=O) groups is 1. The molecule has 3 aromatic rings. The van der Waals surface area contributed by atoms with Crippen LogP contribution in [0.4, 0.5) is 17.2 Å². The van der Waals surface area contributed by atoms with E-state index in [9.17, 15) is 9.90 Å². The number of ether oxygens (including phenoxy) is 1. The Labute approximate surface area is 160 Å². The van der Waals surface area contributed by atoms with Crippen molar-refractivity contribution < 1.29 is 14.6 Å². The lowest BCUT2D eigenvalue weighted by atomic mass is 10.1. The molecule has 9 nitrogen and oxygen atoms in total. The summed E-state index contributed by atoms with van der Waals surface area (Å²) in [5.74, 6) is -0.716. The second-order valence-electron chi connectivity index (χ2n) is 5.66. The number of nitrogens with two attached hydrogens (primary N) is 1. The summed E-state index contributed by atoms with van der Waals surface area (Å²) in [6, 6.07) is 8.42. The Kier molecular flexibility index (Phi) is 5.45. The third kappa shape index (κ3) is 3.88. The normalized spacial score (nSPS) is 10.3. The highest BCUT2D eigenvalue weighted by Crippen LogP contribution is 2.26. The van der Waals surface area contributed by atoms with E-state index in [1.54, 1.807) is 37.3 Å². The molecule has 0 spiro atoms. The minimum Gasteiger partial charge on any atom is -0.503 e. The number of hydrogen-bond donors (Lipinski definition) is 4. The maximum absolute atomic E-state index is 12.1. The van der Waals surface area contributed by atoms with E-state index in [4.69, 9.17) is 15.9 Å². The summed E-state index contributed by atoms with van der Waals surface area (Å²) in [5, 5.41) is 21.3.